The Hall–Kier alpha value is -4.66. The van der Waals surface area contributed by atoms with E-state index < -0.39 is 0 Å². The van der Waals surface area contributed by atoms with Crippen molar-refractivity contribution in [2.45, 2.75) is 0 Å². The van der Waals surface area contributed by atoms with Crippen molar-refractivity contribution in [3.05, 3.63) is 145 Å². The topological polar surface area (TPSA) is 12.0 Å². The number of benzene rings is 6. The zero-order valence-electron chi connectivity index (χ0n) is 25.4. The quantitative estimate of drug-likeness (QED) is 0.244. The van der Waals surface area contributed by atoms with Crippen molar-refractivity contribution in [2.75, 3.05) is 5.32 Å². The molecule has 180 valence electrons. The fourth-order valence-electron chi connectivity index (χ4n) is 4.79. The molecule has 38 heavy (non-hydrogen) atoms. The van der Waals surface area contributed by atoms with E-state index in [0.717, 1.165) is 22.5 Å². The van der Waals surface area contributed by atoms with Gasteiger partial charge in [-0.15, -0.1) is 11.3 Å². The Labute approximate surface area is 233 Å². The van der Waals surface area contributed by atoms with E-state index in [1.165, 1.54) is 31.3 Å². The molecular weight excluding hydrogens is 478 g/mol. The van der Waals surface area contributed by atoms with Crippen LogP contribution < -0.4 is 5.32 Å². The first-order valence-corrected chi connectivity index (χ1v) is 13.3. The molecule has 0 spiro atoms. The monoisotopic (exact) mass is 508 g/mol. The Morgan fingerprint density at radius 2 is 0.947 bits per heavy atom. The van der Waals surface area contributed by atoms with Crippen LogP contribution in [0.5, 0.6) is 0 Å². The summed E-state index contributed by atoms with van der Waals surface area (Å²) in [6.45, 7) is 0. The van der Waals surface area contributed by atoms with Crippen molar-refractivity contribution in [3.8, 4) is 33.4 Å². The van der Waals surface area contributed by atoms with Gasteiger partial charge in [0.2, 0.25) is 0 Å². The molecule has 0 saturated heterocycles. The summed E-state index contributed by atoms with van der Waals surface area (Å²) in [5.41, 5.74) is 7.19. The van der Waals surface area contributed by atoms with Crippen LogP contribution >= 0.6 is 11.3 Å². The third-order valence-electron chi connectivity index (χ3n) is 6.78. The first-order chi connectivity index (χ1) is 20.9. The maximum absolute atomic E-state index is 8.21. The van der Waals surface area contributed by atoms with Gasteiger partial charge in [0.25, 0.3) is 0 Å². The minimum atomic E-state index is -0.388. The van der Waals surface area contributed by atoms with E-state index >= 15 is 0 Å². The van der Waals surface area contributed by atoms with Gasteiger partial charge in [0, 0.05) is 31.5 Å². The molecule has 0 atom stereocenters. The van der Waals surface area contributed by atoms with Crippen LogP contribution in [0.2, 0.25) is 0 Å². The zero-order chi connectivity index (χ0) is 29.7. The lowest BCUT2D eigenvalue weighted by atomic mass is 9.99. The van der Waals surface area contributed by atoms with Crippen LogP contribution in [0.25, 0.3) is 53.6 Å². The zero-order valence-corrected chi connectivity index (χ0v) is 21.2. The Balaban J connectivity index is 1.07. The van der Waals surface area contributed by atoms with Crippen LogP contribution in [0.4, 0.5) is 11.4 Å². The molecule has 0 saturated carbocycles. The summed E-state index contributed by atoms with van der Waals surface area (Å²) < 4.78 is 42.7. The van der Waals surface area contributed by atoms with E-state index in [9.17, 15) is 0 Å². The van der Waals surface area contributed by atoms with Crippen molar-refractivity contribution >= 4 is 42.9 Å². The molecule has 7 aromatic rings. The summed E-state index contributed by atoms with van der Waals surface area (Å²) in [4.78, 5) is 0. The van der Waals surface area contributed by atoms with E-state index in [2.05, 4.69) is 84.2 Å². The second-order valence-electron chi connectivity index (χ2n) is 9.17. The van der Waals surface area contributed by atoms with Crippen molar-refractivity contribution < 1.29 is 6.85 Å². The largest absolute Gasteiger partial charge is 0.356 e. The SMILES string of the molecule is [2H]c1c([2H])c([2H])c(-c2ccc(Nc3ccc(-c4ccc(-c5ccc6sc7ccccc7c6c5)cc4)cc3)cc2)c([2H])c1[2H]. The third-order valence-corrected chi connectivity index (χ3v) is 7.93. The van der Waals surface area contributed by atoms with Crippen LogP contribution in [0.1, 0.15) is 6.85 Å². The summed E-state index contributed by atoms with van der Waals surface area (Å²) in [5, 5.41) is 5.99. The predicted octanol–water partition coefficient (Wildman–Crippen LogP) is 10.8. The summed E-state index contributed by atoms with van der Waals surface area (Å²) >= 11 is 1.83. The summed E-state index contributed by atoms with van der Waals surface area (Å²) in [5.74, 6) is 0. The van der Waals surface area contributed by atoms with Crippen LogP contribution in [-0.2, 0) is 0 Å². The fraction of sp³-hybridized carbons (Fsp3) is 0. The van der Waals surface area contributed by atoms with Crippen molar-refractivity contribution in [1.29, 1.82) is 0 Å². The lowest BCUT2D eigenvalue weighted by molar-refractivity contribution is 1.53. The lowest BCUT2D eigenvalue weighted by Gasteiger charge is -2.10. The summed E-state index contributed by atoms with van der Waals surface area (Å²) in [6.07, 6.45) is 0. The van der Waals surface area contributed by atoms with Gasteiger partial charge in [-0.3, -0.25) is 0 Å². The van der Waals surface area contributed by atoms with Gasteiger partial charge in [0.05, 0.1) is 6.85 Å². The highest BCUT2D eigenvalue weighted by molar-refractivity contribution is 7.25. The molecule has 0 aliphatic carbocycles. The number of hydrogen-bond acceptors (Lipinski definition) is 2. The van der Waals surface area contributed by atoms with E-state index in [0.29, 0.717) is 5.56 Å². The van der Waals surface area contributed by atoms with E-state index in [1.54, 1.807) is 12.1 Å². The van der Waals surface area contributed by atoms with Gasteiger partial charge in [0.1, 0.15) is 0 Å². The molecule has 0 unspecified atom stereocenters. The van der Waals surface area contributed by atoms with Gasteiger partial charge < -0.3 is 5.32 Å². The first kappa shape index (κ1) is 17.7. The molecule has 0 bridgehead atoms. The molecule has 0 amide bonds. The van der Waals surface area contributed by atoms with E-state index in [-0.39, 0.29) is 35.8 Å². The standard InChI is InChI=1S/C36H25NS/c1-2-6-25(7-3-1)27-14-19-31(20-15-27)37-32-21-16-28(17-22-32)26-10-12-29(13-11-26)30-18-23-36-34(24-30)33-8-4-5-9-35(33)38-36/h1-24,37H/i1D,2D,3D,6D,7D. The first-order valence-electron chi connectivity index (χ1n) is 14.9. The normalized spacial score (nSPS) is 13.0. The van der Waals surface area contributed by atoms with Crippen LogP contribution in [0.15, 0.2) is 145 Å². The number of rotatable bonds is 5. The maximum atomic E-state index is 8.21. The number of fused-ring (bicyclic) bond motifs is 3. The van der Waals surface area contributed by atoms with Crippen LogP contribution in [0, 0.1) is 0 Å². The highest BCUT2D eigenvalue weighted by Gasteiger charge is 2.07. The molecule has 1 N–H and O–H groups in total. The summed E-state index contributed by atoms with van der Waals surface area (Å²) in [7, 11) is 0. The minimum Gasteiger partial charge on any atom is -0.356 e. The number of nitrogens with one attached hydrogen (secondary N) is 1. The van der Waals surface area contributed by atoms with E-state index in [4.69, 9.17) is 6.85 Å². The average molecular weight is 509 g/mol. The minimum absolute atomic E-state index is 0.201. The van der Waals surface area contributed by atoms with Gasteiger partial charge in [-0.25, -0.2) is 0 Å². The Morgan fingerprint density at radius 3 is 1.61 bits per heavy atom. The Bertz CT molecular complexity index is 2100. The fourth-order valence-corrected chi connectivity index (χ4v) is 5.87. The number of anilines is 2. The Kier molecular flexibility index (Phi) is 4.51. The highest BCUT2D eigenvalue weighted by atomic mass is 32.1. The predicted molar refractivity (Wildman–Crippen MR) is 165 cm³/mol. The second kappa shape index (κ2) is 9.66. The molecule has 0 radical (unpaired) electrons. The van der Waals surface area contributed by atoms with Gasteiger partial charge in [-0.05, 0) is 75.8 Å². The molecule has 1 nitrogen and oxygen atoms in total. The second-order valence-corrected chi connectivity index (χ2v) is 10.2. The van der Waals surface area contributed by atoms with E-state index in [1.807, 2.05) is 35.6 Å². The molecule has 1 heterocycles. The van der Waals surface area contributed by atoms with Crippen LogP contribution in [0.3, 0.4) is 0 Å². The highest BCUT2D eigenvalue weighted by Crippen LogP contribution is 2.36. The molecule has 0 aliphatic heterocycles. The average Bonchev–Trinajstić information content (AvgIpc) is 3.42. The van der Waals surface area contributed by atoms with Crippen LogP contribution in [-0.4, -0.2) is 0 Å². The Morgan fingerprint density at radius 1 is 0.447 bits per heavy atom. The van der Waals surface area contributed by atoms with Crippen molar-refractivity contribution in [3.63, 3.8) is 0 Å². The molecule has 0 fully saturated rings. The summed E-state index contributed by atoms with van der Waals surface area (Å²) in [6, 6.07) is 37.9. The van der Waals surface area contributed by atoms with Crippen molar-refractivity contribution in [1.82, 2.24) is 0 Å². The third kappa shape index (κ3) is 4.36. The van der Waals surface area contributed by atoms with Gasteiger partial charge in [0.15, 0.2) is 0 Å². The van der Waals surface area contributed by atoms with Crippen molar-refractivity contribution in [2.24, 2.45) is 0 Å². The molecule has 1 aromatic heterocycles. The molecule has 6 aromatic carbocycles. The molecule has 7 rings (SSSR count). The molecule has 0 aliphatic rings. The van der Waals surface area contributed by atoms with Gasteiger partial charge in [-0.2, -0.15) is 0 Å². The van der Waals surface area contributed by atoms with Gasteiger partial charge in [-0.1, -0.05) is 103 Å². The van der Waals surface area contributed by atoms with Gasteiger partial charge >= 0.3 is 0 Å². The number of hydrogen-bond donors (Lipinski definition) is 1. The molecular formula is C36H25NS. The lowest BCUT2D eigenvalue weighted by Crippen LogP contribution is -1.90. The smallest absolute Gasteiger partial charge is 0.0629 e. The maximum Gasteiger partial charge on any atom is 0.0629 e. The molecule has 2 heteroatoms. The number of thiophene rings is 1.